The maximum Gasteiger partial charge on any atom is 0.492 e. The van der Waals surface area contributed by atoms with E-state index in [2.05, 4.69) is 13.8 Å². The van der Waals surface area contributed by atoms with Crippen LogP contribution < -0.4 is 10.2 Å². The van der Waals surface area contributed by atoms with Crippen LogP contribution in [0.15, 0.2) is 42.5 Å². The minimum absolute atomic E-state index is 0.325. The van der Waals surface area contributed by atoms with Gasteiger partial charge < -0.3 is 14.8 Å². The predicted octanol–water partition coefficient (Wildman–Crippen LogP) is 2.38. The summed E-state index contributed by atoms with van der Waals surface area (Å²) in [6.45, 7) is 6.58. The molecule has 2 N–H and O–H groups in total. The first kappa shape index (κ1) is 15.6. The Morgan fingerprint density at radius 2 is 1.76 bits per heavy atom. The van der Waals surface area contributed by atoms with Crippen LogP contribution >= 0.6 is 0 Å². The van der Waals surface area contributed by atoms with Crippen LogP contribution in [0, 0.1) is 6.92 Å². The lowest BCUT2D eigenvalue weighted by molar-refractivity contribution is 0.306. The molecule has 0 amide bonds. The molecule has 21 heavy (non-hydrogen) atoms. The van der Waals surface area contributed by atoms with Gasteiger partial charge in [-0.3, -0.25) is 0 Å². The van der Waals surface area contributed by atoms with E-state index in [0.717, 1.165) is 16.7 Å². The van der Waals surface area contributed by atoms with Crippen molar-refractivity contribution in [3.05, 3.63) is 59.2 Å². The van der Waals surface area contributed by atoms with Crippen molar-refractivity contribution in [1.82, 2.24) is 0 Å². The summed E-state index contributed by atoms with van der Waals surface area (Å²) in [5.74, 6) is 0.849. The zero-order valence-corrected chi connectivity index (χ0v) is 12.7. The maximum atomic E-state index is 9.57. The molecule has 0 aliphatic heterocycles. The second-order valence-electron chi connectivity index (χ2n) is 5.55. The molecule has 0 heterocycles. The molecule has 110 valence electrons. The number of hydrogen-bond acceptors (Lipinski definition) is 3. The van der Waals surface area contributed by atoms with Crippen LogP contribution in [0.4, 0.5) is 0 Å². The van der Waals surface area contributed by atoms with Crippen molar-refractivity contribution in [1.29, 1.82) is 0 Å². The highest BCUT2D eigenvalue weighted by Crippen LogP contribution is 2.23. The molecule has 0 aliphatic rings. The van der Waals surface area contributed by atoms with Gasteiger partial charge in [0.2, 0.25) is 0 Å². The van der Waals surface area contributed by atoms with Crippen LogP contribution in [0.3, 0.4) is 0 Å². The van der Waals surface area contributed by atoms with E-state index in [1.165, 1.54) is 0 Å². The van der Waals surface area contributed by atoms with Crippen molar-refractivity contribution in [2.24, 2.45) is 0 Å². The van der Waals surface area contributed by atoms with Gasteiger partial charge >= 0.3 is 7.12 Å². The van der Waals surface area contributed by atoms with Gasteiger partial charge in [-0.15, -0.1) is 0 Å². The van der Waals surface area contributed by atoms with Gasteiger partial charge in [-0.2, -0.15) is 0 Å². The van der Waals surface area contributed by atoms with Crippen LogP contribution in [0.2, 0.25) is 0 Å². The van der Waals surface area contributed by atoms with E-state index < -0.39 is 7.12 Å². The van der Waals surface area contributed by atoms with Crippen molar-refractivity contribution in [2.75, 3.05) is 0 Å². The largest absolute Gasteiger partial charge is 0.492 e. The third-order valence-corrected chi connectivity index (χ3v) is 3.54. The molecule has 0 radical (unpaired) electrons. The molecule has 2 rings (SSSR count). The summed E-state index contributed by atoms with van der Waals surface area (Å²) in [6.07, 6.45) is 0. The Kier molecular flexibility index (Phi) is 5.05. The molecule has 4 heteroatoms. The van der Waals surface area contributed by atoms with Gasteiger partial charge in [-0.1, -0.05) is 50.2 Å². The summed E-state index contributed by atoms with van der Waals surface area (Å²) >= 11 is 0. The molecule has 0 aliphatic carbocycles. The molecule has 0 fully saturated rings. The van der Waals surface area contributed by atoms with E-state index in [1.807, 2.05) is 49.4 Å². The first-order chi connectivity index (χ1) is 9.99. The van der Waals surface area contributed by atoms with Crippen LogP contribution in [0.25, 0.3) is 0 Å². The Morgan fingerprint density at radius 3 is 2.33 bits per heavy atom. The maximum absolute atomic E-state index is 9.57. The molecular formula is C17H21BO3. The first-order valence-electron chi connectivity index (χ1n) is 7.16. The van der Waals surface area contributed by atoms with E-state index in [0.29, 0.717) is 23.7 Å². The van der Waals surface area contributed by atoms with Gasteiger partial charge in [-0.25, -0.2) is 0 Å². The van der Waals surface area contributed by atoms with Gasteiger partial charge in [-0.05, 0) is 35.6 Å². The molecule has 0 unspecified atom stereocenters. The second kappa shape index (κ2) is 6.79. The van der Waals surface area contributed by atoms with E-state index in [1.54, 1.807) is 0 Å². The third kappa shape index (κ3) is 3.87. The smallest absolute Gasteiger partial charge is 0.489 e. The highest BCUT2D eigenvalue weighted by molar-refractivity contribution is 6.59. The highest BCUT2D eigenvalue weighted by atomic mass is 16.5. The zero-order chi connectivity index (χ0) is 15.4. The number of hydrogen-bond donors (Lipinski definition) is 2. The monoisotopic (exact) mass is 284 g/mol. The molecule has 2 aromatic rings. The summed E-state index contributed by atoms with van der Waals surface area (Å²) in [5, 5.41) is 19.1. The number of rotatable bonds is 5. The average molecular weight is 284 g/mol. The van der Waals surface area contributed by atoms with Crippen molar-refractivity contribution >= 4 is 12.6 Å². The Bertz CT molecular complexity index is 594. The molecular weight excluding hydrogens is 263 g/mol. The molecule has 0 atom stereocenters. The molecule has 3 nitrogen and oxygen atoms in total. The second-order valence-corrected chi connectivity index (χ2v) is 5.55. The molecule has 0 saturated carbocycles. The van der Waals surface area contributed by atoms with Gasteiger partial charge in [0.05, 0.1) is 0 Å². The lowest BCUT2D eigenvalue weighted by atomic mass is 9.77. The van der Waals surface area contributed by atoms with Gasteiger partial charge in [0.1, 0.15) is 12.4 Å². The lowest BCUT2D eigenvalue weighted by Crippen LogP contribution is -2.32. The minimum atomic E-state index is -1.53. The standard InChI is InChI=1S/C17H21BO3/c1-12(2)15-10-16(18(19)20)17(9-13(15)3)21-11-14-7-5-4-6-8-14/h4-10,12,19-20H,11H2,1-3H3. The summed E-state index contributed by atoms with van der Waals surface area (Å²) in [7, 11) is -1.53. The fourth-order valence-electron chi connectivity index (χ4n) is 2.40. The average Bonchev–Trinajstić information content (AvgIpc) is 2.45. The minimum Gasteiger partial charge on any atom is -0.489 e. The molecule has 0 bridgehead atoms. The SMILES string of the molecule is Cc1cc(OCc2ccccc2)c(B(O)O)cc1C(C)C. The lowest BCUT2D eigenvalue weighted by Gasteiger charge is -2.17. The van der Waals surface area contributed by atoms with E-state index in [-0.39, 0.29) is 0 Å². The number of ether oxygens (including phenoxy) is 1. The van der Waals surface area contributed by atoms with Gasteiger partial charge in [0.25, 0.3) is 0 Å². The first-order valence-corrected chi connectivity index (χ1v) is 7.16. The van der Waals surface area contributed by atoms with E-state index in [4.69, 9.17) is 4.74 Å². The summed E-state index contributed by atoms with van der Waals surface area (Å²) in [4.78, 5) is 0. The Balaban J connectivity index is 2.27. The van der Waals surface area contributed by atoms with Crippen LogP contribution in [0.5, 0.6) is 5.75 Å². The Labute approximate surface area is 126 Å². The summed E-state index contributed by atoms with van der Waals surface area (Å²) in [6, 6.07) is 13.5. The topological polar surface area (TPSA) is 49.7 Å². The normalized spacial score (nSPS) is 10.8. The molecule has 0 saturated heterocycles. The Hall–Kier alpha value is -1.78. The highest BCUT2D eigenvalue weighted by Gasteiger charge is 2.20. The Morgan fingerprint density at radius 1 is 1.10 bits per heavy atom. The summed E-state index contributed by atoms with van der Waals surface area (Å²) < 4.78 is 5.78. The van der Waals surface area contributed by atoms with Crippen molar-refractivity contribution in [3.8, 4) is 5.75 Å². The van der Waals surface area contributed by atoms with E-state index in [9.17, 15) is 10.0 Å². The van der Waals surface area contributed by atoms with Crippen molar-refractivity contribution < 1.29 is 14.8 Å². The predicted molar refractivity (Wildman–Crippen MR) is 85.9 cm³/mol. The molecule has 0 spiro atoms. The molecule has 2 aromatic carbocycles. The van der Waals surface area contributed by atoms with Crippen molar-refractivity contribution in [3.63, 3.8) is 0 Å². The number of benzene rings is 2. The van der Waals surface area contributed by atoms with Crippen molar-refractivity contribution in [2.45, 2.75) is 33.3 Å². The third-order valence-electron chi connectivity index (χ3n) is 3.54. The van der Waals surface area contributed by atoms with Gasteiger partial charge in [0, 0.05) is 5.46 Å². The quantitative estimate of drug-likeness (QED) is 0.829. The van der Waals surface area contributed by atoms with E-state index >= 15 is 0 Å². The van der Waals surface area contributed by atoms with Crippen LogP contribution in [0.1, 0.15) is 36.5 Å². The fourth-order valence-corrected chi connectivity index (χ4v) is 2.40. The number of aryl methyl sites for hydroxylation is 1. The zero-order valence-electron chi connectivity index (χ0n) is 12.7. The van der Waals surface area contributed by atoms with Gasteiger partial charge in [0.15, 0.2) is 0 Å². The van der Waals surface area contributed by atoms with Crippen LogP contribution in [-0.2, 0) is 6.61 Å². The molecule has 0 aromatic heterocycles. The van der Waals surface area contributed by atoms with Crippen LogP contribution in [-0.4, -0.2) is 17.2 Å². The fraction of sp³-hybridized carbons (Fsp3) is 0.294. The summed E-state index contributed by atoms with van der Waals surface area (Å²) in [5.41, 5.74) is 3.66.